The van der Waals surface area contributed by atoms with Gasteiger partial charge in [0.25, 0.3) is 5.56 Å². The van der Waals surface area contributed by atoms with Gasteiger partial charge in [0.05, 0.1) is 44.8 Å². The first-order valence-electron chi connectivity index (χ1n) is 11.7. The van der Waals surface area contributed by atoms with Crippen molar-refractivity contribution in [1.29, 1.82) is 0 Å². The summed E-state index contributed by atoms with van der Waals surface area (Å²) in [5.41, 5.74) is 2.30. The molecule has 2 saturated heterocycles. The van der Waals surface area contributed by atoms with Crippen molar-refractivity contribution in [3.05, 3.63) is 45.4 Å². The van der Waals surface area contributed by atoms with Crippen LogP contribution in [0.25, 0.3) is 0 Å². The zero-order chi connectivity index (χ0) is 24.8. The summed E-state index contributed by atoms with van der Waals surface area (Å²) >= 11 is 0. The van der Waals surface area contributed by atoms with Crippen molar-refractivity contribution in [2.24, 2.45) is 0 Å². The van der Waals surface area contributed by atoms with Crippen molar-refractivity contribution in [2.45, 2.75) is 19.8 Å². The molecule has 0 unspecified atom stereocenters. The van der Waals surface area contributed by atoms with E-state index in [1.807, 2.05) is 11.0 Å². The van der Waals surface area contributed by atoms with Gasteiger partial charge in [-0.25, -0.2) is 9.78 Å². The van der Waals surface area contributed by atoms with E-state index >= 15 is 0 Å². The van der Waals surface area contributed by atoms with Crippen molar-refractivity contribution < 1.29 is 23.8 Å². The predicted octanol–water partition coefficient (Wildman–Crippen LogP) is 1.11. The van der Waals surface area contributed by atoms with Gasteiger partial charge in [0, 0.05) is 49.5 Å². The number of aryl methyl sites for hydroxylation is 1. The van der Waals surface area contributed by atoms with Crippen LogP contribution in [0.4, 0.5) is 17.3 Å². The lowest BCUT2D eigenvalue weighted by molar-refractivity contribution is -0.116. The summed E-state index contributed by atoms with van der Waals surface area (Å²) in [7, 11) is 1.30. The Morgan fingerprint density at radius 1 is 1.09 bits per heavy atom. The zero-order valence-electron chi connectivity index (χ0n) is 20.1. The van der Waals surface area contributed by atoms with Crippen LogP contribution in [0, 0.1) is 6.92 Å². The standard InChI is InChI=1S/C24H31N5O6/c1-16-18(22(31)27-24(25-16)29-9-13-35-14-10-29)4-6-21(30)26-20-5-3-17(15-19(20)23(32)33-2)28-7-11-34-12-8-28/h3,5,15H,4,6-14H2,1-2H3,(H,26,30)(H,25,27,31). The third-order valence-electron chi connectivity index (χ3n) is 6.18. The van der Waals surface area contributed by atoms with E-state index in [1.54, 1.807) is 19.1 Å². The van der Waals surface area contributed by atoms with Gasteiger partial charge in [0.2, 0.25) is 11.9 Å². The van der Waals surface area contributed by atoms with Crippen molar-refractivity contribution >= 4 is 29.2 Å². The number of carbonyl (C=O) groups is 2. The molecule has 2 N–H and O–H groups in total. The number of rotatable bonds is 7. The van der Waals surface area contributed by atoms with E-state index in [0.29, 0.717) is 62.4 Å². The average Bonchev–Trinajstić information content (AvgIpc) is 2.89. The Labute approximate surface area is 203 Å². The summed E-state index contributed by atoms with van der Waals surface area (Å²) in [6.07, 6.45) is 0.289. The number of ether oxygens (including phenoxy) is 3. The van der Waals surface area contributed by atoms with Crippen molar-refractivity contribution in [3.63, 3.8) is 0 Å². The van der Waals surface area contributed by atoms with E-state index in [9.17, 15) is 14.4 Å². The SMILES string of the molecule is COC(=O)c1cc(N2CCOCC2)ccc1NC(=O)CCc1c(C)nc(N2CCOCC2)[nH]c1=O. The molecule has 2 aromatic rings. The lowest BCUT2D eigenvalue weighted by atomic mass is 10.1. The smallest absolute Gasteiger partial charge is 0.340 e. The Morgan fingerprint density at radius 2 is 1.74 bits per heavy atom. The van der Waals surface area contributed by atoms with Gasteiger partial charge in [-0.2, -0.15) is 0 Å². The first-order chi connectivity index (χ1) is 17.0. The van der Waals surface area contributed by atoms with Crippen molar-refractivity contribution in [3.8, 4) is 0 Å². The van der Waals surface area contributed by atoms with E-state index in [-0.39, 0.29) is 29.9 Å². The summed E-state index contributed by atoms with van der Waals surface area (Å²) in [4.78, 5) is 49.3. The fourth-order valence-corrected chi connectivity index (χ4v) is 4.20. The lowest BCUT2D eigenvalue weighted by Gasteiger charge is -2.29. The Kier molecular flexibility index (Phi) is 7.98. The normalized spacial score (nSPS) is 16.2. The fraction of sp³-hybridized carbons (Fsp3) is 0.500. The first kappa shape index (κ1) is 24.7. The van der Waals surface area contributed by atoms with E-state index in [2.05, 4.69) is 20.2 Å². The van der Waals surface area contributed by atoms with Gasteiger partial charge in [-0.3, -0.25) is 14.6 Å². The van der Waals surface area contributed by atoms with Crippen molar-refractivity contribution in [1.82, 2.24) is 9.97 Å². The van der Waals surface area contributed by atoms with Gasteiger partial charge in [0.15, 0.2) is 0 Å². The Morgan fingerprint density at radius 3 is 2.37 bits per heavy atom. The highest BCUT2D eigenvalue weighted by atomic mass is 16.5. The average molecular weight is 486 g/mol. The van der Waals surface area contributed by atoms with Crippen LogP contribution >= 0.6 is 0 Å². The molecule has 11 nitrogen and oxygen atoms in total. The summed E-state index contributed by atoms with van der Waals surface area (Å²) in [5, 5.41) is 2.79. The molecule has 0 aliphatic carbocycles. The number of benzene rings is 1. The maximum Gasteiger partial charge on any atom is 0.340 e. The van der Waals surface area contributed by atoms with E-state index in [4.69, 9.17) is 14.2 Å². The van der Waals surface area contributed by atoms with Gasteiger partial charge in [-0.1, -0.05) is 0 Å². The quantitative estimate of drug-likeness (QED) is 0.555. The summed E-state index contributed by atoms with van der Waals surface area (Å²) < 4.78 is 15.7. The predicted molar refractivity (Wildman–Crippen MR) is 130 cm³/mol. The molecule has 0 atom stereocenters. The Hall–Kier alpha value is -3.44. The minimum Gasteiger partial charge on any atom is -0.465 e. The minimum atomic E-state index is -0.536. The van der Waals surface area contributed by atoms with Gasteiger partial charge >= 0.3 is 5.97 Å². The van der Waals surface area contributed by atoms with Gasteiger partial charge in [0.1, 0.15) is 0 Å². The number of aromatic nitrogens is 2. The molecule has 3 heterocycles. The molecular weight excluding hydrogens is 454 g/mol. The van der Waals surface area contributed by atoms with Crippen LogP contribution < -0.4 is 20.7 Å². The van der Waals surface area contributed by atoms with Crippen LogP contribution in [-0.4, -0.2) is 81.6 Å². The topological polar surface area (TPSA) is 126 Å². The number of carbonyl (C=O) groups excluding carboxylic acids is 2. The van der Waals surface area contributed by atoms with Crippen LogP contribution in [0.5, 0.6) is 0 Å². The molecule has 0 bridgehead atoms. The Balaban J connectivity index is 1.43. The molecule has 2 aliphatic rings. The number of nitrogens with one attached hydrogen (secondary N) is 2. The van der Waals surface area contributed by atoms with Crippen LogP contribution in [-0.2, 0) is 25.4 Å². The van der Waals surface area contributed by atoms with Crippen LogP contribution in [0.15, 0.2) is 23.0 Å². The monoisotopic (exact) mass is 485 g/mol. The number of nitrogens with zero attached hydrogens (tertiary/aromatic N) is 3. The number of methoxy groups -OCH3 is 1. The third kappa shape index (κ3) is 5.98. The molecule has 11 heteroatoms. The van der Waals surface area contributed by atoms with E-state index < -0.39 is 5.97 Å². The number of H-pyrrole nitrogens is 1. The largest absolute Gasteiger partial charge is 0.465 e. The van der Waals surface area contributed by atoms with Crippen LogP contribution in [0.1, 0.15) is 28.0 Å². The molecule has 188 valence electrons. The summed E-state index contributed by atoms with van der Waals surface area (Å²) in [6, 6.07) is 5.28. The van der Waals surface area contributed by atoms with Gasteiger partial charge < -0.3 is 29.3 Å². The van der Waals surface area contributed by atoms with Crippen LogP contribution in [0.2, 0.25) is 0 Å². The van der Waals surface area contributed by atoms with Crippen LogP contribution in [0.3, 0.4) is 0 Å². The molecule has 1 aromatic heterocycles. The maximum atomic E-state index is 12.7. The number of aromatic amines is 1. The molecule has 2 aliphatic heterocycles. The number of anilines is 3. The van der Waals surface area contributed by atoms with E-state index in [0.717, 1.165) is 18.8 Å². The highest BCUT2D eigenvalue weighted by Crippen LogP contribution is 2.25. The second kappa shape index (κ2) is 11.3. The summed E-state index contributed by atoms with van der Waals surface area (Å²) in [5.74, 6) is -0.331. The number of esters is 1. The minimum absolute atomic E-state index is 0.0638. The molecule has 0 spiro atoms. The van der Waals surface area contributed by atoms with Gasteiger partial charge in [-0.05, 0) is 31.5 Å². The highest BCUT2D eigenvalue weighted by Gasteiger charge is 2.20. The molecule has 2 fully saturated rings. The highest BCUT2D eigenvalue weighted by molar-refractivity contribution is 6.02. The molecular formula is C24H31N5O6. The molecule has 35 heavy (non-hydrogen) atoms. The summed E-state index contributed by atoms with van der Waals surface area (Å²) in [6.45, 7) is 6.95. The third-order valence-corrected chi connectivity index (χ3v) is 6.18. The Bertz CT molecular complexity index is 1120. The molecule has 0 radical (unpaired) electrons. The van der Waals surface area contributed by atoms with Gasteiger partial charge in [-0.15, -0.1) is 0 Å². The van der Waals surface area contributed by atoms with Crippen molar-refractivity contribution in [2.75, 3.05) is 74.8 Å². The first-order valence-corrected chi connectivity index (χ1v) is 11.7. The second-order valence-corrected chi connectivity index (χ2v) is 8.42. The molecule has 1 amide bonds. The lowest BCUT2D eigenvalue weighted by Crippen LogP contribution is -2.38. The zero-order valence-corrected chi connectivity index (χ0v) is 20.1. The number of hydrogen-bond acceptors (Lipinski definition) is 9. The van der Waals surface area contributed by atoms with E-state index in [1.165, 1.54) is 7.11 Å². The molecule has 4 rings (SSSR count). The fourth-order valence-electron chi connectivity index (χ4n) is 4.20. The second-order valence-electron chi connectivity index (χ2n) is 8.42. The number of amides is 1. The maximum absolute atomic E-state index is 12.7. The molecule has 0 saturated carbocycles. The number of hydrogen-bond donors (Lipinski definition) is 2. The number of morpholine rings is 2. The molecule has 1 aromatic carbocycles.